The van der Waals surface area contributed by atoms with E-state index in [0.717, 1.165) is 11.3 Å². The van der Waals surface area contributed by atoms with Crippen molar-refractivity contribution in [3.63, 3.8) is 0 Å². The first kappa shape index (κ1) is 13.3. The SMILES string of the molecule is CCc1ncnc(NCc2ccccc2OC)c1F. The number of aromatic nitrogens is 2. The fourth-order valence-electron chi connectivity index (χ4n) is 1.80. The van der Waals surface area contributed by atoms with E-state index >= 15 is 0 Å². The molecule has 0 saturated carbocycles. The van der Waals surface area contributed by atoms with Gasteiger partial charge < -0.3 is 10.1 Å². The molecule has 0 aliphatic carbocycles. The summed E-state index contributed by atoms with van der Waals surface area (Å²) < 4.78 is 19.2. The lowest BCUT2D eigenvalue weighted by molar-refractivity contribution is 0.410. The summed E-state index contributed by atoms with van der Waals surface area (Å²) in [7, 11) is 1.61. The fourth-order valence-corrected chi connectivity index (χ4v) is 1.80. The maximum atomic E-state index is 13.9. The van der Waals surface area contributed by atoms with E-state index in [-0.39, 0.29) is 11.6 Å². The number of hydrogen-bond acceptors (Lipinski definition) is 4. The quantitative estimate of drug-likeness (QED) is 0.899. The molecule has 0 saturated heterocycles. The zero-order valence-electron chi connectivity index (χ0n) is 11.0. The normalized spacial score (nSPS) is 10.3. The van der Waals surface area contributed by atoms with Crippen molar-refractivity contribution in [2.45, 2.75) is 19.9 Å². The summed E-state index contributed by atoms with van der Waals surface area (Å²) in [4.78, 5) is 7.81. The number of rotatable bonds is 5. The molecule has 1 aromatic carbocycles. The van der Waals surface area contributed by atoms with E-state index in [0.29, 0.717) is 18.7 Å². The second-order valence-corrected chi connectivity index (χ2v) is 4.00. The van der Waals surface area contributed by atoms with E-state index in [1.165, 1.54) is 6.33 Å². The summed E-state index contributed by atoms with van der Waals surface area (Å²) in [6.45, 7) is 2.30. The van der Waals surface area contributed by atoms with Crippen molar-refractivity contribution < 1.29 is 9.13 Å². The second kappa shape index (κ2) is 6.13. The zero-order valence-corrected chi connectivity index (χ0v) is 11.0. The van der Waals surface area contributed by atoms with Gasteiger partial charge in [-0.2, -0.15) is 0 Å². The summed E-state index contributed by atoms with van der Waals surface area (Å²) >= 11 is 0. The molecule has 0 amide bonds. The molecule has 1 N–H and O–H groups in total. The van der Waals surface area contributed by atoms with Crippen LogP contribution in [-0.4, -0.2) is 17.1 Å². The predicted molar refractivity (Wildman–Crippen MR) is 71.7 cm³/mol. The molecule has 2 rings (SSSR count). The van der Waals surface area contributed by atoms with E-state index in [2.05, 4.69) is 15.3 Å². The maximum absolute atomic E-state index is 13.9. The average molecular weight is 261 g/mol. The van der Waals surface area contributed by atoms with E-state index in [4.69, 9.17) is 4.74 Å². The number of para-hydroxylation sites is 1. The van der Waals surface area contributed by atoms with Crippen LogP contribution in [0.3, 0.4) is 0 Å². The molecule has 19 heavy (non-hydrogen) atoms. The molecule has 0 atom stereocenters. The molecule has 4 nitrogen and oxygen atoms in total. The van der Waals surface area contributed by atoms with Crippen molar-refractivity contribution >= 4 is 5.82 Å². The van der Waals surface area contributed by atoms with Gasteiger partial charge in [-0.15, -0.1) is 0 Å². The first-order valence-electron chi connectivity index (χ1n) is 6.11. The molecular weight excluding hydrogens is 245 g/mol. The van der Waals surface area contributed by atoms with E-state index in [1.807, 2.05) is 31.2 Å². The number of aryl methyl sites for hydroxylation is 1. The third-order valence-electron chi connectivity index (χ3n) is 2.84. The molecule has 0 bridgehead atoms. The lowest BCUT2D eigenvalue weighted by Gasteiger charge is -2.11. The van der Waals surface area contributed by atoms with E-state index in [1.54, 1.807) is 7.11 Å². The van der Waals surface area contributed by atoms with E-state index in [9.17, 15) is 4.39 Å². The first-order valence-corrected chi connectivity index (χ1v) is 6.11. The van der Waals surface area contributed by atoms with Crippen LogP contribution >= 0.6 is 0 Å². The van der Waals surface area contributed by atoms with Gasteiger partial charge in [0.15, 0.2) is 11.6 Å². The molecule has 0 spiro atoms. The lowest BCUT2D eigenvalue weighted by atomic mass is 10.2. The van der Waals surface area contributed by atoms with Gasteiger partial charge in [0.2, 0.25) is 0 Å². The van der Waals surface area contributed by atoms with Crippen LogP contribution in [0.4, 0.5) is 10.2 Å². The third-order valence-corrected chi connectivity index (χ3v) is 2.84. The van der Waals surface area contributed by atoms with Crippen LogP contribution < -0.4 is 10.1 Å². The van der Waals surface area contributed by atoms with Gasteiger partial charge in [-0.25, -0.2) is 14.4 Å². The minimum Gasteiger partial charge on any atom is -0.496 e. The smallest absolute Gasteiger partial charge is 0.186 e. The van der Waals surface area contributed by atoms with Gasteiger partial charge in [0.25, 0.3) is 0 Å². The monoisotopic (exact) mass is 261 g/mol. The van der Waals surface area contributed by atoms with Crippen molar-refractivity contribution in [1.29, 1.82) is 0 Å². The number of ether oxygens (including phenoxy) is 1. The third kappa shape index (κ3) is 2.99. The molecule has 0 aliphatic heterocycles. The highest BCUT2D eigenvalue weighted by Crippen LogP contribution is 2.20. The molecule has 5 heteroatoms. The number of nitrogens with one attached hydrogen (secondary N) is 1. The average Bonchev–Trinajstić information content (AvgIpc) is 2.46. The zero-order chi connectivity index (χ0) is 13.7. The number of benzene rings is 1. The topological polar surface area (TPSA) is 47.0 Å². The molecule has 0 fully saturated rings. The molecule has 0 radical (unpaired) electrons. The summed E-state index contributed by atoms with van der Waals surface area (Å²) in [6, 6.07) is 7.59. The molecule has 0 unspecified atom stereocenters. The number of halogens is 1. The Morgan fingerprint density at radius 2 is 2.05 bits per heavy atom. The van der Waals surface area contributed by atoms with Crippen molar-refractivity contribution in [3.8, 4) is 5.75 Å². The Morgan fingerprint density at radius 1 is 1.26 bits per heavy atom. The Labute approximate surface area is 111 Å². The highest BCUT2D eigenvalue weighted by atomic mass is 19.1. The Balaban J connectivity index is 2.15. The van der Waals surface area contributed by atoms with Gasteiger partial charge in [-0.05, 0) is 12.5 Å². The van der Waals surface area contributed by atoms with Crippen molar-refractivity contribution in [2.24, 2.45) is 0 Å². The maximum Gasteiger partial charge on any atom is 0.186 e. The van der Waals surface area contributed by atoms with Gasteiger partial charge in [0.1, 0.15) is 12.1 Å². The predicted octanol–water partition coefficient (Wildman–Crippen LogP) is 2.80. The summed E-state index contributed by atoms with van der Waals surface area (Å²) in [6.07, 6.45) is 1.91. The van der Waals surface area contributed by atoms with Gasteiger partial charge in [0, 0.05) is 12.1 Å². The van der Waals surface area contributed by atoms with Crippen molar-refractivity contribution in [1.82, 2.24) is 9.97 Å². The fraction of sp³-hybridized carbons (Fsp3) is 0.286. The van der Waals surface area contributed by atoms with Gasteiger partial charge in [0.05, 0.1) is 12.8 Å². The van der Waals surface area contributed by atoms with Crippen LogP contribution in [0, 0.1) is 5.82 Å². The standard InChI is InChI=1S/C14H16FN3O/c1-3-11-13(15)14(18-9-17-11)16-8-10-6-4-5-7-12(10)19-2/h4-7,9H,3,8H2,1-2H3,(H,16,17,18). The van der Waals surface area contributed by atoms with Crippen LogP contribution in [0.25, 0.3) is 0 Å². The number of anilines is 1. The van der Waals surface area contributed by atoms with Crippen molar-refractivity contribution in [2.75, 3.05) is 12.4 Å². The van der Waals surface area contributed by atoms with Crippen LogP contribution in [0.1, 0.15) is 18.2 Å². The minimum absolute atomic E-state index is 0.220. The largest absolute Gasteiger partial charge is 0.496 e. The number of nitrogens with zero attached hydrogens (tertiary/aromatic N) is 2. The number of methoxy groups -OCH3 is 1. The minimum atomic E-state index is -0.389. The second-order valence-electron chi connectivity index (χ2n) is 4.00. The Kier molecular flexibility index (Phi) is 4.28. The lowest BCUT2D eigenvalue weighted by Crippen LogP contribution is -2.07. The van der Waals surface area contributed by atoms with Gasteiger partial charge >= 0.3 is 0 Å². The van der Waals surface area contributed by atoms with Crippen LogP contribution in [-0.2, 0) is 13.0 Å². The highest BCUT2D eigenvalue weighted by Gasteiger charge is 2.10. The molecule has 1 aromatic heterocycles. The number of hydrogen-bond donors (Lipinski definition) is 1. The summed E-state index contributed by atoms with van der Waals surface area (Å²) in [5, 5.41) is 2.97. The summed E-state index contributed by atoms with van der Waals surface area (Å²) in [5.41, 5.74) is 1.36. The van der Waals surface area contributed by atoms with Crippen LogP contribution in [0.2, 0.25) is 0 Å². The Hall–Kier alpha value is -2.17. The van der Waals surface area contributed by atoms with Crippen molar-refractivity contribution in [3.05, 3.63) is 47.7 Å². The summed E-state index contributed by atoms with van der Waals surface area (Å²) in [5.74, 6) is 0.595. The molecule has 0 aliphatic rings. The molecule has 2 aromatic rings. The Bertz CT molecular complexity index is 560. The van der Waals surface area contributed by atoms with Gasteiger partial charge in [-0.3, -0.25) is 0 Å². The van der Waals surface area contributed by atoms with Gasteiger partial charge in [-0.1, -0.05) is 25.1 Å². The molecule has 1 heterocycles. The van der Waals surface area contributed by atoms with E-state index < -0.39 is 0 Å². The Morgan fingerprint density at radius 3 is 2.79 bits per heavy atom. The van der Waals surface area contributed by atoms with Crippen LogP contribution in [0.15, 0.2) is 30.6 Å². The highest BCUT2D eigenvalue weighted by molar-refractivity contribution is 5.41. The molecular formula is C14H16FN3O. The van der Waals surface area contributed by atoms with Crippen LogP contribution in [0.5, 0.6) is 5.75 Å². The first-order chi connectivity index (χ1) is 9.26. The molecule has 100 valence electrons.